The van der Waals surface area contributed by atoms with Crippen LogP contribution in [-0.4, -0.2) is 64.2 Å². The van der Waals surface area contributed by atoms with Gasteiger partial charge in [-0.1, -0.05) is 0 Å². The first-order valence-electron chi connectivity index (χ1n) is 7.84. The van der Waals surface area contributed by atoms with Gasteiger partial charge in [0.1, 0.15) is 0 Å². The van der Waals surface area contributed by atoms with E-state index in [1.165, 1.54) is 0 Å². The number of methoxy groups -OCH3 is 1. The van der Waals surface area contributed by atoms with Gasteiger partial charge in [-0.25, -0.2) is 0 Å². The summed E-state index contributed by atoms with van der Waals surface area (Å²) in [5.74, 6) is 0.826. The van der Waals surface area contributed by atoms with Gasteiger partial charge in [-0.05, 0) is 33.6 Å². The quantitative estimate of drug-likeness (QED) is 0.253. The number of halogens is 1. The maximum Gasteiger partial charge on any atom is 0.191 e. The first-order chi connectivity index (χ1) is 10.1. The van der Waals surface area contributed by atoms with Crippen LogP contribution in [0.1, 0.15) is 33.6 Å². The Hall–Kier alpha value is -0.120. The maximum absolute atomic E-state index is 5.73. The zero-order chi connectivity index (χ0) is 15.6. The molecule has 7 heteroatoms. The Kier molecular flexibility index (Phi) is 12.3. The molecule has 22 heavy (non-hydrogen) atoms. The van der Waals surface area contributed by atoms with Crippen molar-refractivity contribution in [1.82, 2.24) is 10.6 Å². The number of hydrogen-bond acceptors (Lipinski definition) is 4. The average Bonchev–Trinajstić information content (AvgIpc) is 2.97. The summed E-state index contributed by atoms with van der Waals surface area (Å²) >= 11 is 0. The third-order valence-corrected chi connectivity index (χ3v) is 3.37. The van der Waals surface area contributed by atoms with Gasteiger partial charge in [-0.3, -0.25) is 4.99 Å². The summed E-state index contributed by atoms with van der Waals surface area (Å²) in [6.07, 6.45) is 2.26. The Labute approximate surface area is 151 Å². The van der Waals surface area contributed by atoms with E-state index in [9.17, 15) is 0 Å². The standard InChI is InChI=1S/C15H31N3O3.HI/c1-5-16-14(18-12-15(2,3)19-4)17-8-6-9-21-13-7-10-20-11-13;/h13H,5-12H2,1-4H3,(H2,16,17,18);1H. The van der Waals surface area contributed by atoms with Crippen molar-refractivity contribution >= 4 is 29.9 Å². The fourth-order valence-corrected chi connectivity index (χ4v) is 1.85. The van der Waals surface area contributed by atoms with Crippen molar-refractivity contribution in [2.24, 2.45) is 4.99 Å². The number of hydrogen-bond donors (Lipinski definition) is 2. The highest BCUT2D eigenvalue weighted by Gasteiger charge is 2.16. The number of nitrogens with zero attached hydrogens (tertiary/aromatic N) is 1. The van der Waals surface area contributed by atoms with Crippen LogP contribution >= 0.6 is 24.0 Å². The van der Waals surface area contributed by atoms with Crippen molar-refractivity contribution in [3.63, 3.8) is 0 Å². The van der Waals surface area contributed by atoms with Gasteiger partial charge in [0.05, 0.1) is 24.9 Å². The second-order valence-corrected chi connectivity index (χ2v) is 5.80. The Morgan fingerprint density at radius 2 is 2.14 bits per heavy atom. The van der Waals surface area contributed by atoms with E-state index >= 15 is 0 Å². The normalized spacial score (nSPS) is 18.9. The molecule has 0 aromatic heterocycles. The van der Waals surface area contributed by atoms with E-state index in [1.807, 2.05) is 13.8 Å². The Balaban J connectivity index is 0.00000441. The van der Waals surface area contributed by atoms with E-state index in [4.69, 9.17) is 14.2 Å². The molecule has 132 valence electrons. The van der Waals surface area contributed by atoms with Gasteiger partial charge in [0.25, 0.3) is 0 Å². The highest BCUT2D eigenvalue weighted by Crippen LogP contribution is 2.08. The number of guanidine groups is 1. The lowest BCUT2D eigenvalue weighted by Gasteiger charge is -2.21. The molecule has 0 aromatic rings. The van der Waals surface area contributed by atoms with Crippen LogP contribution in [0.5, 0.6) is 0 Å². The zero-order valence-electron chi connectivity index (χ0n) is 14.3. The summed E-state index contributed by atoms with van der Waals surface area (Å²) in [6, 6.07) is 0. The van der Waals surface area contributed by atoms with E-state index in [-0.39, 0.29) is 35.7 Å². The van der Waals surface area contributed by atoms with Crippen molar-refractivity contribution in [3.05, 3.63) is 0 Å². The van der Waals surface area contributed by atoms with Crippen LogP contribution in [0, 0.1) is 0 Å². The van der Waals surface area contributed by atoms with E-state index < -0.39 is 0 Å². The fourth-order valence-electron chi connectivity index (χ4n) is 1.85. The lowest BCUT2D eigenvalue weighted by molar-refractivity contribution is 0.0310. The van der Waals surface area contributed by atoms with E-state index in [1.54, 1.807) is 7.11 Å². The van der Waals surface area contributed by atoms with Crippen molar-refractivity contribution in [3.8, 4) is 0 Å². The Morgan fingerprint density at radius 1 is 1.36 bits per heavy atom. The summed E-state index contributed by atoms with van der Waals surface area (Å²) in [7, 11) is 1.71. The molecule has 1 fully saturated rings. The largest absolute Gasteiger partial charge is 0.379 e. The van der Waals surface area contributed by atoms with Crippen LogP contribution < -0.4 is 10.6 Å². The number of nitrogens with one attached hydrogen (secondary N) is 2. The van der Waals surface area contributed by atoms with Gasteiger partial charge < -0.3 is 24.8 Å². The van der Waals surface area contributed by atoms with E-state index in [2.05, 4.69) is 22.5 Å². The van der Waals surface area contributed by atoms with Crippen molar-refractivity contribution in [2.75, 3.05) is 46.6 Å². The highest BCUT2D eigenvalue weighted by molar-refractivity contribution is 14.0. The summed E-state index contributed by atoms with van der Waals surface area (Å²) < 4.78 is 16.4. The lowest BCUT2D eigenvalue weighted by atomic mass is 10.1. The first-order valence-corrected chi connectivity index (χ1v) is 7.84. The number of rotatable bonds is 9. The SMILES string of the molecule is CCNC(=NCC(C)(C)OC)NCCCOC1CCOC1.I. The van der Waals surface area contributed by atoms with Gasteiger partial charge in [0.2, 0.25) is 0 Å². The number of ether oxygens (including phenoxy) is 3. The monoisotopic (exact) mass is 429 g/mol. The van der Waals surface area contributed by atoms with Crippen molar-refractivity contribution in [1.29, 1.82) is 0 Å². The Bertz CT molecular complexity index is 308. The summed E-state index contributed by atoms with van der Waals surface area (Å²) in [4.78, 5) is 4.54. The minimum absolute atomic E-state index is 0. The zero-order valence-corrected chi connectivity index (χ0v) is 16.6. The topological polar surface area (TPSA) is 64.1 Å². The second kappa shape index (κ2) is 12.3. The molecule has 1 rings (SSSR count). The van der Waals surface area contributed by atoms with E-state index in [0.717, 1.165) is 51.7 Å². The van der Waals surface area contributed by atoms with Crippen molar-refractivity contribution in [2.45, 2.75) is 45.3 Å². The molecule has 1 atom stereocenters. The van der Waals surface area contributed by atoms with E-state index in [0.29, 0.717) is 6.54 Å². The smallest absolute Gasteiger partial charge is 0.191 e. The molecule has 0 bridgehead atoms. The predicted molar refractivity (Wildman–Crippen MR) is 100 cm³/mol. The lowest BCUT2D eigenvalue weighted by Crippen LogP contribution is -2.39. The number of aliphatic imine (C=N–C) groups is 1. The summed E-state index contributed by atoms with van der Waals surface area (Å²) in [6.45, 7) is 10.7. The van der Waals surface area contributed by atoms with Crippen LogP contribution in [-0.2, 0) is 14.2 Å². The maximum atomic E-state index is 5.73. The summed E-state index contributed by atoms with van der Waals surface area (Å²) in [5, 5.41) is 6.55. The average molecular weight is 429 g/mol. The van der Waals surface area contributed by atoms with Crippen LogP contribution in [0.25, 0.3) is 0 Å². The molecule has 0 amide bonds. The molecule has 1 saturated heterocycles. The van der Waals surface area contributed by atoms with Gasteiger partial charge in [0.15, 0.2) is 5.96 Å². The highest BCUT2D eigenvalue weighted by atomic mass is 127. The molecule has 1 aliphatic heterocycles. The molecule has 0 spiro atoms. The van der Waals surface area contributed by atoms with Gasteiger partial charge in [-0.2, -0.15) is 0 Å². The van der Waals surface area contributed by atoms with Gasteiger partial charge in [-0.15, -0.1) is 24.0 Å². The predicted octanol–water partition coefficient (Wildman–Crippen LogP) is 1.78. The third-order valence-electron chi connectivity index (χ3n) is 3.37. The molecular formula is C15H32IN3O3. The Morgan fingerprint density at radius 3 is 2.73 bits per heavy atom. The molecule has 1 unspecified atom stereocenters. The molecule has 0 aliphatic carbocycles. The van der Waals surface area contributed by atoms with Crippen LogP contribution in [0.4, 0.5) is 0 Å². The van der Waals surface area contributed by atoms with Gasteiger partial charge in [0, 0.05) is 33.4 Å². The first kappa shape index (κ1) is 21.9. The molecule has 0 saturated carbocycles. The molecule has 1 aliphatic rings. The molecule has 0 aromatic carbocycles. The van der Waals surface area contributed by atoms with Crippen LogP contribution in [0.3, 0.4) is 0 Å². The molecule has 0 radical (unpaired) electrons. The molecule has 2 N–H and O–H groups in total. The summed E-state index contributed by atoms with van der Waals surface area (Å²) in [5.41, 5.74) is -0.242. The minimum atomic E-state index is -0.242. The van der Waals surface area contributed by atoms with Crippen molar-refractivity contribution < 1.29 is 14.2 Å². The third kappa shape index (κ3) is 9.81. The molecule has 1 heterocycles. The molecule has 6 nitrogen and oxygen atoms in total. The minimum Gasteiger partial charge on any atom is -0.379 e. The van der Waals surface area contributed by atoms with Crippen LogP contribution in [0.15, 0.2) is 4.99 Å². The van der Waals surface area contributed by atoms with Gasteiger partial charge >= 0.3 is 0 Å². The second-order valence-electron chi connectivity index (χ2n) is 5.80. The fraction of sp³-hybridized carbons (Fsp3) is 0.933. The van der Waals surface area contributed by atoms with Crippen LogP contribution in [0.2, 0.25) is 0 Å². The molecular weight excluding hydrogens is 397 g/mol.